The normalized spacial score (nSPS) is 12.4. The zero-order valence-corrected chi connectivity index (χ0v) is 14.2. The van der Waals surface area contributed by atoms with Crippen LogP contribution in [0.25, 0.3) is 11.0 Å². The topological polar surface area (TPSA) is 59.3 Å². The fourth-order valence-corrected chi connectivity index (χ4v) is 3.02. The van der Waals surface area contributed by atoms with Crippen LogP contribution in [-0.4, -0.2) is 17.7 Å². The molecule has 26 heavy (non-hydrogen) atoms. The minimum absolute atomic E-state index is 0.0270. The number of carbonyl (C=O) groups excluding carboxylic acids is 2. The van der Waals surface area contributed by atoms with Gasteiger partial charge >= 0.3 is 6.18 Å². The van der Waals surface area contributed by atoms with Gasteiger partial charge in [-0.25, -0.2) is 0 Å². The third kappa shape index (κ3) is 3.55. The van der Waals surface area contributed by atoms with Crippen LogP contribution in [0.3, 0.4) is 0 Å². The molecule has 134 valence electrons. The number of anilines is 1. The van der Waals surface area contributed by atoms with Gasteiger partial charge in [0, 0.05) is 17.2 Å². The van der Waals surface area contributed by atoms with Crippen molar-refractivity contribution in [3.05, 3.63) is 64.2 Å². The number of ketones is 2. The molecule has 8 heteroatoms. The average molecular weight is 379 g/mol. The summed E-state index contributed by atoms with van der Waals surface area (Å²) in [5.41, 5.74) is 0.576. The zero-order valence-electron chi connectivity index (χ0n) is 13.4. The van der Waals surface area contributed by atoms with E-state index in [4.69, 9.17) is 4.42 Å². The Morgan fingerprint density at radius 3 is 2.54 bits per heavy atom. The highest BCUT2D eigenvalue weighted by molar-refractivity contribution is 7.12. The fourth-order valence-electron chi connectivity index (χ4n) is 2.36. The van der Waals surface area contributed by atoms with Crippen LogP contribution < -0.4 is 5.32 Å². The zero-order chi connectivity index (χ0) is 18.9. The minimum atomic E-state index is -4.96. The van der Waals surface area contributed by atoms with Crippen molar-refractivity contribution in [2.24, 2.45) is 0 Å². The maximum Gasteiger partial charge on any atom is 0.454 e. The number of allylic oxidation sites excluding steroid dienone is 2. The minimum Gasteiger partial charge on any atom is -0.450 e. The van der Waals surface area contributed by atoms with Gasteiger partial charge in [-0.05, 0) is 30.5 Å². The van der Waals surface area contributed by atoms with E-state index in [1.807, 2.05) is 0 Å². The molecule has 0 radical (unpaired) electrons. The summed E-state index contributed by atoms with van der Waals surface area (Å²) >= 11 is 1.22. The molecule has 0 saturated heterocycles. The molecule has 4 nitrogen and oxygen atoms in total. The number of para-hydroxylation sites is 1. The van der Waals surface area contributed by atoms with Crippen LogP contribution in [0.2, 0.25) is 0 Å². The molecule has 0 fully saturated rings. The van der Waals surface area contributed by atoms with Crippen molar-refractivity contribution in [2.45, 2.75) is 13.1 Å². The van der Waals surface area contributed by atoms with Gasteiger partial charge in [0.1, 0.15) is 5.58 Å². The molecule has 0 atom stereocenters. The number of hydrogen-bond donors (Lipinski definition) is 1. The van der Waals surface area contributed by atoms with Gasteiger partial charge in [0.25, 0.3) is 5.78 Å². The monoisotopic (exact) mass is 379 g/mol. The number of nitrogens with one attached hydrogen (secondary N) is 1. The van der Waals surface area contributed by atoms with Crippen LogP contribution in [0.4, 0.5) is 18.9 Å². The number of alkyl halides is 3. The van der Waals surface area contributed by atoms with E-state index in [2.05, 4.69) is 5.32 Å². The Hall–Kier alpha value is -2.87. The van der Waals surface area contributed by atoms with Crippen molar-refractivity contribution in [3.63, 3.8) is 0 Å². The van der Waals surface area contributed by atoms with E-state index in [1.165, 1.54) is 18.3 Å². The first-order valence-corrected chi connectivity index (χ1v) is 8.31. The molecule has 3 aromatic rings. The summed E-state index contributed by atoms with van der Waals surface area (Å²) in [6.07, 6.45) is -4.52. The van der Waals surface area contributed by atoms with Gasteiger partial charge < -0.3 is 9.73 Å². The lowest BCUT2D eigenvalue weighted by Gasteiger charge is -2.08. The quantitative estimate of drug-likeness (QED) is 0.491. The third-order valence-corrected chi connectivity index (χ3v) is 4.36. The summed E-state index contributed by atoms with van der Waals surface area (Å²) in [7, 11) is 0. The highest BCUT2D eigenvalue weighted by Gasteiger charge is 2.36. The molecule has 1 N–H and O–H groups in total. The maximum atomic E-state index is 12.7. The van der Waals surface area contributed by atoms with Gasteiger partial charge in [-0.3, -0.25) is 9.59 Å². The summed E-state index contributed by atoms with van der Waals surface area (Å²) in [6, 6.07) is 10.1. The van der Waals surface area contributed by atoms with Gasteiger partial charge in [0.15, 0.2) is 5.76 Å². The van der Waals surface area contributed by atoms with E-state index < -0.39 is 17.7 Å². The Kier molecular flexibility index (Phi) is 4.69. The molecule has 0 aliphatic rings. The third-order valence-electron chi connectivity index (χ3n) is 3.50. The van der Waals surface area contributed by atoms with Gasteiger partial charge in [-0.2, -0.15) is 13.2 Å². The van der Waals surface area contributed by atoms with E-state index in [-0.39, 0.29) is 17.1 Å². The molecule has 0 unspecified atom stereocenters. The molecule has 0 bridgehead atoms. The van der Waals surface area contributed by atoms with Crippen molar-refractivity contribution >= 4 is 39.6 Å². The van der Waals surface area contributed by atoms with Crippen LogP contribution in [0, 0.1) is 0 Å². The van der Waals surface area contributed by atoms with Crippen molar-refractivity contribution in [2.75, 3.05) is 5.32 Å². The van der Waals surface area contributed by atoms with Crippen molar-refractivity contribution in [1.29, 1.82) is 0 Å². The van der Waals surface area contributed by atoms with Crippen molar-refractivity contribution in [1.82, 2.24) is 0 Å². The van der Waals surface area contributed by atoms with E-state index in [0.29, 0.717) is 21.9 Å². The van der Waals surface area contributed by atoms with Crippen LogP contribution in [-0.2, 0) is 4.79 Å². The Labute approximate surface area is 149 Å². The molecule has 2 aromatic heterocycles. The summed E-state index contributed by atoms with van der Waals surface area (Å²) in [4.78, 5) is 24.2. The maximum absolute atomic E-state index is 12.7. The summed E-state index contributed by atoms with van der Waals surface area (Å²) in [5.74, 6) is -2.41. The molecule has 3 rings (SSSR count). The molecule has 0 spiro atoms. The number of carbonyl (C=O) groups is 2. The van der Waals surface area contributed by atoms with Crippen LogP contribution >= 0.6 is 11.3 Å². The molecule has 0 aliphatic heterocycles. The first-order valence-electron chi connectivity index (χ1n) is 7.43. The summed E-state index contributed by atoms with van der Waals surface area (Å²) < 4.78 is 42.9. The number of hydrogen-bond acceptors (Lipinski definition) is 5. The number of furan rings is 1. The second-order valence-corrected chi connectivity index (χ2v) is 6.37. The molecule has 1 aromatic carbocycles. The van der Waals surface area contributed by atoms with E-state index in [9.17, 15) is 22.8 Å². The van der Waals surface area contributed by atoms with Gasteiger partial charge in [-0.1, -0.05) is 18.2 Å². The Balaban J connectivity index is 2.04. The Morgan fingerprint density at radius 2 is 1.88 bits per heavy atom. The van der Waals surface area contributed by atoms with E-state index in [0.717, 1.165) is 0 Å². The summed E-state index contributed by atoms with van der Waals surface area (Å²) in [6.45, 7) is 1.31. The Bertz CT molecular complexity index is 1000. The second kappa shape index (κ2) is 6.80. The van der Waals surface area contributed by atoms with Gasteiger partial charge in [0.2, 0.25) is 5.78 Å². The van der Waals surface area contributed by atoms with E-state index in [1.54, 1.807) is 41.8 Å². The highest BCUT2D eigenvalue weighted by atomic mass is 32.1. The van der Waals surface area contributed by atoms with Gasteiger partial charge in [0.05, 0.1) is 10.6 Å². The Morgan fingerprint density at radius 1 is 1.15 bits per heavy atom. The number of halogens is 3. The number of fused-ring (bicyclic) bond motifs is 1. The molecule has 2 heterocycles. The number of thiophene rings is 1. The highest BCUT2D eigenvalue weighted by Crippen LogP contribution is 2.34. The number of rotatable bonds is 5. The summed E-state index contributed by atoms with van der Waals surface area (Å²) in [5, 5.41) is 4.97. The largest absolute Gasteiger partial charge is 0.454 e. The predicted octanol–water partition coefficient (Wildman–Crippen LogP) is 5.17. The molecule has 0 amide bonds. The number of benzene rings is 1. The van der Waals surface area contributed by atoms with Crippen molar-refractivity contribution in [3.8, 4) is 0 Å². The molecule has 0 saturated carbocycles. The molecule has 0 aliphatic carbocycles. The standard InChI is InChI=1S/C18H12F3NO3S/c1-10(9-14(23)18(19,20)21)22-15-11-5-2-3-6-12(11)25-17(15)16(24)13-7-4-8-26-13/h2-9,22H,1H3. The van der Waals surface area contributed by atoms with Crippen LogP contribution in [0.1, 0.15) is 22.4 Å². The first kappa shape index (κ1) is 17.9. The smallest absolute Gasteiger partial charge is 0.450 e. The van der Waals surface area contributed by atoms with E-state index >= 15 is 0 Å². The van der Waals surface area contributed by atoms with Crippen LogP contribution in [0.15, 0.2) is 58.0 Å². The molecular weight excluding hydrogens is 367 g/mol. The second-order valence-electron chi connectivity index (χ2n) is 5.42. The molecular formula is C18H12F3NO3S. The first-order chi connectivity index (χ1) is 12.3. The van der Waals surface area contributed by atoms with Crippen LogP contribution in [0.5, 0.6) is 0 Å². The lowest BCUT2D eigenvalue weighted by atomic mass is 10.1. The lowest BCUT2D eigenvalue weighted by Crippen LogP contribution is -2.21. The van der Waals surface area contributed by atoms with Gasteiger partial charge in [-0.15, -0.1) is 11.3 Å². The lowest BCUT2D eigenvalue weighted by molar-refractivity contribution is -0.165. The predicted molar refractivity (Wildman–Crippen MR) is 92.4 cm³/mol. The van der Waals surface area contributed by atoms with Crippen molar-refractivity contribution < 1.29 is 27.2 Å². The SMILES string of the molecule is CC(=CC(=O)C(F)(F)F)Nc1c(C(=O)c2cccs2)oc2ccccc12. The fraction of sp³-hybridized carbons (Fsp3) is 0.111. The average Bonchev–Trinajstić information content (AvgIpc) is 3.22.